The minimum atomic E-state index is -1.11. The predicted octanol–water partition coefficient (Wildman–Crippen LogP) is 0.315. The van der Waals surface area contributed by atoms with Crippen molar-refractivity contribution in [1.82, 2.24) is 5.32 Å². The fourth-order valence-electron chi connectivity index (χ4n) is 2.72. The van der Waals surface area contributed by atoms with Crippen LogP contribution in [0.2, 0.25) is 0 Å². The molecule has 0 bridgehead atoms. The van der Waals surface area contributed by atoms with Crippen molar-refractivity contribution in [2.75, 3.05) is 13.2 Å². The Morgan fingerprint density at radius 1 is 0.929 bits per heavy atom. The van der Waals surface area contributed by atoms with E-state index < -0.39 is 54.5 Å². The highest BCUT2D eigenvalue weighted by molar-refractivity contribution is 5.73. The van der Waals surface area contributed by atoms with Crippen molar-refractivity contribution in [3.05, 3.63) is 0 Å². The molecule has 10 heteroatoms. The van der Waals surface area contributed by atoms with Gasteiger partial charge in [0.1, 0.15) is 18.8 Å². The Hall–Kier alpha value is -2.20. The Labute approximate surface area is 164 Å². The molecule has 1 aliphatic rings. The molecule has 0 aromatic rings. The van der Waals surface area contributed by atoms with Gasteiger partial charge in [0.15, 0.2) is 18.5 Å². The SMILES string of the molecule is CC(=O)N[C@@H]1[C@H](OCC(C)C)O[C@@H](COC(C)=O)[C@@H](OC(C)=O)[C@@H]1OC(C)=O. The van der Waals surface area contributed by atoms with Crippen LogP contribution in [0.3, 0.4) is 0 Å². The van der Waals surface area contributed by atoms with Gasteiger partial charge in [0, 0.05) is 27.7 Å². The number of rotatable bonds is 8. The monoisotopic (exact) mass is 403 g/mol. The predicted molar refractivity (Wildman–Crippen MR) is 94.8 cm³/mol. The number of nitrogens with one attached hydrogen (secondary N) is 1. The van der Waals surface area contributed by atoms with Gasteiger partial charge < -0.3 is 29.0 Å². The molecule has 0 unspecified atom stereocenters. The van der Waals surface area contributed by atoms with E-state index in [0.29, 0.717) is 6.61 Å². The van der Waals surface area contributed by atoms with Gasteiger partial charge in [-0.2, -0.15) is 0 Å². The van der Waals surface area contributed by atoms with E-state index in [2.05, 4.69) is 5.32 Å². The molecule has 1 heterocycles. The average Bonchev–Trinajstić information content (AvgIpc) is 2.54. The molecular weight excluding hydrogens is 374 g/mol. The highest BCUT2D eigenvalue weighted by Crippen LogP contribution is 2.28. The van der Waals surface area contributed by atoms with Crippen LogP contribution in [0.5, 0.6) is 0 Å². The summed E-state index contributed by atoms with van der Waals surface area (Å²) >= 11 is 0. The molecule has 5 atom stereocenters. The number of esters is 3. The third kappa shape index (κ3) is 7.81. The highest BCUT2D eigenvalue weighted by Gasteiger charge is 2.51. The number of ether oxygens (including phenoxy) is 5. The van der Waals surface area contributed by atoms with E-state index in [0.717, 1.165) is 0 Å². The van der Waals surface area contributed by atoms with Gasteiger partial charge in [-0.25, -0.2) is 0 Å². The van der Waals surface area contributed by atoms with Crippen molar-refractivity contribution >= 4 is 23.8 Å². The fourth-order valence-corrected chi connectivity index (χ4v) is 2.72. The zero-order chi connectivity index (χ0) is 21.4. The average molecular weight is 403 g/mol. The molecule has 160 valence electrons. The topological polar surface area (TPSA) is 126 Å². The van der Waals surface area contributed by atoms with Crippen LogP contribution in [0.4, 0.5) is 0 Å². The molecular formula is C18H29NO9. The smallest absolute Gasteiger partial charge is 0.303 e. The zero-order valence-electron chi connectivity index (χ0n) is 17.1. The Morgan fingerprint density at radius 2 is 1.50 bits per heavy atom. The highest BCUT2D eigenvalue weighted by atomic mass is 16.7. The standard InChI is InChI=1S/C18H29NO9/c1-9(2)7-25-18-15(19-10(3)20)17(27-13(6)23)16(26-12(5)22)14(28-18)8-24-11(4)21/h9,14-18H,7-8H2,1-6H3,(H,19,20)/t14-,15-,16+,17+,18+/m0/s1. The third-order valence-electron chi connectivity index (χ3n) is 3.67. The molecule has 0 aromatic carbocycles. The van der Waals surface area contributed by atoms with Crippen LogP contribution >= 0.6 is 0 Å². The van der Waals surface area contributed by atoms with E-state index >= 15 is 0 Å². The van der Waals surface area contributed by atoms with E-state index in [4.69, 9.17) is 23.7 Å². The maximum Gasteiger partial charge on any atom is 0.303 e. The van der Waals surface area contributed by atoms with Gasteiger partial charge in [-0.1, -0.05) is 13.8 Å². The van der Waals surface area contributed by atoms with Crippen LogP contribution in [0.25, 0.3) is 0 Å². The fraction of sp³-hybridized carbons (Fsp3) is 0.778. The first-order chi connectivity index (χ1) is 13.0. The Bertz CT molecular complexity index is 577. The molecule has 28 heavy (non-hydrogen) atoms. The van der Waals surface area contributed by atoms with Gasteiger partial charge in [-0.05, 0) is 5.92 Å². The van der Waals surface area contributed by atoms with E-state index in [9.17, 15) is 19.2 Å². The van der Waals surface area contributed by atoms with Gasteiger partial charge in [0.2, 0.25) is 5.91 Å². The number of hydrogen-bond donors (Lipinski definition) is 1. The molecule has 0 aliphatic carbocycles. The van der Waals surface area contributed by atoms with Gasteiger partial charge in [-0.15, -0.1) is 0 Å². The summed E-state index contributed by atoms with van der Waals surface area (Å²) < 4.78 is 27.2. The maximum absolute atomic E-state index is 11.7. The van der Waals surface area contributed by atoms with Crippen molar-refractivity contribution in [2.45, 2.75) is 72.2 Å². The van der Waals surface area contributed by atoms with Crippen LogP contribution in [0, 0.1) is 5.92 Å². The Morgan fingerprint density at radius 3 is 1.96 bits per heavy atom. The second kappa shape index (κ2) is 11.0. The molecule has 1 rings (SSSR count). The van der Waals surface area contributed by atoms with Gasteiger partial charge in [-0.3, -0.25) is 19.2 Å². The molecule has 0 spiro atoms. The molecule has 1 saturated heterocycles. The number of carbonyl (C=O) groups is 4. The van der Waals surface area contributed by atoms with Crippen LogP contribution in [0.15, 0.2) is 0 Å². The quantitative estimate of drug-likeness (QED) is 0.450. The summed E-state index contributed by atoms with van der Waals surface area (Å²) in [5.41, 5.74) is 0. The van der Waals surface area contributed by atoms with E-state index in [1.165, 1.54) is 27.7 Å². The van der Waals surface area contributed by atoms with Crippen molar-refractivity contribution in [2.24, 2.45) is 5.92 Å². The summed E-state index contributed by atoms with van der Waals surface area (Å²) in [5, 5.41) is 2.63. The van der Waals surface area contributed by atoms with Gasteiger partial charge in [0.25, 0.3) is 0 Å². The van der Waals surface area contributed by atoms with E-state index in [1.807, 2.05) is 13.8 Å². The van der Waals surface area contributed by atoms with Crippen molar-refractivity contribution in [3.63, 3.8) is 0 Å². The summed E-state index contributed by atoms with van der Waals surface area (Å²) in [5.74, 6) is -2.11. The molecule has 0 aromatic heterocycles. The lowest BCUT2D eigenvalue weighted by molar-refractivity contribution is -0.279. The minimum absolute atomic E-state index is 0.159. The lowest BCUT2D eigenvalue weighted by atomic mass is 9.96. The van der Waals surface area contributed by atoms with E-state index in [-0.39, 0.29) is 12.5 Å². The molecule has 0 saturated carbocycles. The normalized spacial score (nSPS) is 27.0. The van der Waals surface area contributed by atoms with E-state index in [1.54, 1.807) is 0 Å². The summed E-state index contributed by atoms with van der Waals surface area (Å²) in [6.45, 7) is 8.79. The van der Waals surface area contributed by atoms with Crippen molar-refractivity contribution in [1.29, 1.82) is 0 Å². The molecule has 10 nitrogen and oxygen atoms in total. The first-order valence-electron chi connectivity index (χ1n) is 9.03. The minimum Gasteiger partial charge on any atom is -0.463 e. The van der Waals surface area contributed by atoms with Crippen LogP contribution in [-0.2, 0) is 42.9 Å². The summed E-state index contributed by atoms with van der Waals surface area (Å²) in [6, 6.07) is -0.932. The molecule has 1 amide bonds. The van der Waals surface area contributed by atoms with Crippen LogP contribution in [0.1, 0.15) is 41.5 Å². The lowest BCUT2D eigenvalue weighted by Crippen LogP contribution is -2.66. The number of amides is 1. The Balaban J connectivity index is 3.24. The van der Waals surface area contributed by atoms with Crippen molar-refractivity contribution in [3.8, 4) is 0 Å². The first kappa shape index (κ1) is 23.8. The number of hydrogen-bond acceptors (Lipinski definition) is 9. The maximum atomic E-state index is 11.7. The second-order valence-electron chi connectivity index (χ2n) is 6.95. The van der Waals surface area contributed by atoms with Gasteiger partial charge in [0.05, 0.1) is 6.61 Å². The third-order valence-corrected chi connectivity index (χ3v) is 3.67. The lowest BCUT2D eigenvalue weighted by Gasteiger charge is -2.45. The zero-order valence-corrected chi connectivity index (χ0v) is 17.1. The second-order valence-corrected chi connectivity index (χ2v) is 6.95. The van der Waals surface area contributed by atoms with Gasteiger partial charge >= 0.3 is 17.9 Å². The van der Waals surface area contributed by atoms with Crippen molar-refractivity contribution < 1.29 is 42.9 Å². The summed E-state index contributed by atoms with van der Waals surface area (Å²) in [4.78, 5) is 46.2. The molecule has 1 aliphatic heterocycles. The van der Waals surface area contributed by atoms with Crippen LogP contribution < -0.4 is 5.32 Å². The molecule has 1 fully saturated rings. The molecule has 1 N–H and O–H groups in total. The largest absolute Gasteiger partial charge is 0.463 e. The molecule has 0 radical (unpaired) electrons. The first-order valence-corrected chi connectivity index (χ1v) is 9.03. The summed E-state index contributed by atoms with van der Waals surface area (Å²) in [7, 11) is 0. The summed E-state index contributed by atoms with van der Waals surface area (Å²) in [6.07, 6.45) is -4.18. The number of carbonyl (C=O) groups excluding carboxylic acids is 4. The Kier molecular flexibility index (Phi) is 9.33. The van der Waals surface area contributed by atoms with Crippen LogP contribution in [-0.4, -0.2) is 67.7 Å².